The fourth-order valence-corrected chi connectivity index (χ4v) is 3.08. The molecule has 2 rings (SSSR count). The van der Waals surface area contributed by atoms with Crippen LogP contribution in [0.2, 0.25) is 0 Å². The number of hydrogen-bond donors (Lipinski definition) is 1. The smallest absolute Gasteiger partial charge is 0.545 e. The fourth-order valence-electron chi connectivity index (χ4n) is 1.95. The Morgan fingerprint density at radius 2 is 1.93 bits per heavy atom. The second kappa shape index (κ2) is 9.17. The number of aromatic nitrogens is 3. The Morgan fingerprint density at radius 1 is 1.30 bits per heavy atom. The molecule has 0 atom stereocenters. The molecule has 27 heavy (non-hydrogen) atoms. The quantitative estimate of drug-likeness (QED) is 0.473. The first kappa shape index (κ1) is 22.9. The average molecular weight is 406 g/mol. The van der Waals surface area contributed by atoms with Crippen molar-refractivity contribution in [1.29, 1.82) is 0 Å². The number of aromatic carboxylic acids is 1. The van der Waals surface area contributed by atoms with Crippen molar-refractivity contribution in [1.82, 2.24) is 19.1 Å². The summed E-state index contributed by atoms with van der Waals surface area (Å²) in [5, 5.41) is 14.7. The minimum Gasteiger partial charge on any atom is -0.545 e. The predicted molar refractivity (Wildman–Crippen MR) is 85.1 cm³/mol. The third kappa shape index (κ3) is 4.97. The number of hydrogen-bond acceptors (Lipinski definition) is 8. The van der Waals surface area contributed by atoms with Crippen LogP contribution >= 0.6 is 0 Å². The van der Waals surface area contributed by atoms with Gasteiger partial charge in [-0.25, -0.2) is 27.3 Å². The van der Waals surface area contributed by atoms with Gasteiger partial charge in [-0.3, -0.25) is 0 Å². The van der Waals surface area contributed by atoms with E-state index in [0.29, 0.717) is 6.42 Å². The molecule has 0 unspecified atom stereocenters. The van der Waals surface area contributed by atoms with Gasteiger partial charge in [-0.15, -0.1) is 9.78 Å². The number of nitrogens with zero attached hydrogens (tertiary/aromatic N) is 3. The van der Waals surface area contributed by atoms with Gasteiger partial charge in [0.2, 0.25) is 0 Å². The maximum atomic E-state index is 12.3. The molecular weight excluding hydrogens is 391 g/mol. The van der Waals surface area contributed by atoms with Crippen LogP contribution < -0.4 is 49.8 Å². The normalized spacial score (nSPS) is 10.7. The third-order valence-electron chi connectivity index (χ3n) is 3.19. The largest absolute Gasteiger partial charge is 1.00 e. The van der Waals surface area contributed by atoms with Crippen molar-refractivity contribution in [2.45, 2.75) is 18.2 Å². The maximum Gasteiger partial charge on any atom is 1.00 e. The molecule has 0 aliphatic heterocycles. The standard InChI is InChI=1S/C14H16N4O7S.Na/c1-3-8-25-13-15-18(14(22)17(13)2)12(21)16-26(23,24)10-7-5-4-6-9(10)11(19)20;/h4-7H,3,8H2,1-2H3,(H,16,21)(H,19,20);/q;+1/p-1. The van der Waals surface area contributed by atoms with Crippen LogP contribution in [0.25, 0.3) is 0 Å². The van der Waals surface area contributed by atoms with Gasteiger partial charge in [0.1, 0.15) is 0 Å². The van der Waals surface area contributed by atoms with Crippen LogP contribution in [0.3, 0.4) is 0 Å². The SMILES string of the molecule is CCCOc1nn(C(=O)NS(=O)(=O)c2ccccc2C(=O)[O-])c(=O)n1C.[Na+]. The third-order valence-corrected chi connectivity index (χ3v) is 4.56. The summed E-state index contributed by atoms with van der Waals surface area (Å²) in [6.07, 6.45) is 0.627. The number of nitrogens with one attached hydrogen (secondary N) is 1. The van der Waals surface area contributed by atoms with Crippen molar-refractivity contribution < 1.29 is 57.4 Å². The minimum atomic E-state index is -4.59. The Balaban J connectivity index is 0.00000364. The molecule has 0 saturated carbocycles. The molecule has 1 N–H and O–H groups in total. The van der Waals surface area contributed by atoms with E-state index in [2.05, 4.69) is 5.10 Å². The molecule has 11 nitrogen and oxygen atoms in total. The summed E-state index contributed by atoms with van der Waals surface area (Å²) in [5.74, 6) is -1.73. The maximum absolute atomic E-state index is 12.3. The van der Waals surface area contributed by atoms with E-state index in [0.717, 1.165) is 16.7 Å². The molecule has 0 aliphatic rings. The van der Waals surface area contributed by atoms with Crippen molar-refractivity contribution in [2.24, 2.45) is 7.05 Å². The monoisotopic (exact) mass is 406 g/mol. The van der Waals surface area contributed by atoms with Gasteiger partial charge in [0.05, 0.1) is 17.5 Å². The van der Waals surface area contributed by atoms with Gasteiger partial charge < -0.3 is 14.6 Å². The number of benzene rings is 1. The zero-order valence-corrected chi connectivity index (χ0v) is 17.6. The number of carboxylic acids is 1. The van der Waals surface area contributed by atoms with Crippen LogP contribution in [0.5, 0.6) is 6.01 Å². The van der Waals surface area contributed by atoms with E-state index in [1.165, 1.54) is 19.2 Å². The number of amides is 1. The Morgan fingerprint density at radius 3 is 2.52 bits per heavy atom. The number of carbonyl (C=O) groups excluding carboxylic acids is 2. The van der Waals surface area contributed by atoms with E-state index < -0.39 is 38.2 Å². The van der Waals surface area contributed by atoms with Crippen molar-refractivity contribution in [2.75, 3.05) is 6.61 Å². The number of ether oxygens (including phenoxy) is 1. The van der Waals surface area contributed by atoms with Crippen LogP contribution in [0.4, 0.5) is 4.79 Å². The molecule has 1 aromatic carbocycles. The predicted octanol–water partition coefficient (Wildman–Crippen LogP) is -4.32. The van der Waals surface area contributed by atoms with Crippen LogP contribution in [-0.4, -0.2) is 41.4 Å². The van der Waals surface area contributed by atoms with E-state index in [4.69, 9.17) is 4.74 Å². The average Bonchev–Trinajstić information content (AvgIpc) is 2.88. The molecule has 0 spiro atoms. The van der Waals surface area contributed by atoms with Gasteiger partial charge >= 0.3 is 47.3 Å². The van der Waals surface area contributed by atoms with Gasteiger partial charge in [0, 0.05) is 12.6 Å². The summed E-state index contributed by atoms with van der Waals surface area (Å²) in [6.45, 7) is 2.06. The molecule has 1 heterocycles. The van der Waals surface area contributed by atoms with Crippen molar-refractivity contribution in [3.8, 4) is 6.01 Å². The van der Waals surface area contributed by atoms with Crippen molar-refractivity contribution in [3.63, 3.8) is 0 Å². The van der Waals surface area contributed by atoms with Crippen molar-refractivity contribution >= 4 is 22.0 Å². The molecule has 2 aromatic rings. The van der Waals surface area contributed by atoms with E-state index in [9.17, 15) is 27.9 Å². The summed E-state index contributed by atoms with van der Waals surface area (Å²) in [6, 6.07) is 3.02. The molecule has 13 heteroatoms. The van der Waals surface area contributed by atoms with Gasteiger partial charge in [-0.1, -0.05) is 25.1 Å². The number of rotatable bonds is 6. The zero-order valence-electron chi connectivity index (χ0n) is 14.8. The van der Waals surface area contributed by atoms with Crippen LogP contribution in [-0.2, 0) is 17.1 Å². The Hall–Kier alpha value is -2.15. The molecule has 0 aliphatic carbocycles. The van der Waals surface area contributed by atoms with Crippen LogP contribution in [0, 0.1) is 0 Å². The van der Waals surface area contributed by atoms with Crippen LogP contribution in [0.15, 0.2) is 34.0 Å². The molecule has 1 amide bonds. The Kier molecular flexibility index (Phi) is 7.77. The summed E-state index contributed by atoms with van der Waals surface area (Å²) in [7, 11) is -3.30. The number of carbonyl (C=O) groups is 2. The van der Waals surface area contributed by atoms with Gasteiger partial charge in [0.25, 0.3) is 10.0 Å². The van der Waals surface area contributed by atoms with E-state index >= 15 is 0 Å². The molecule has 0 saturated heterocycles. The number of sulfonamides is 1. The minimum absolute atomic E-state index is 0. The van der Waals surface area contributed by atoms with E-state index in [1.807, 2.05) is 6.92 Å². The summed E-state index contributed by atoms with van der Waals surface area (Å²) < 4.78 is 32.6. The molecular formula is C14H15N4NaO7S. The van der Waals surface area contributed by atoms with Gasteiger partial charge in [0.15, 0.2) is 0 Å². The van der Waals surface area contributed by atoms with Gasteiger partial charge in [-0.2, -0.15) is 0 Å². The first-order valence-electron chi connectivity index (χ1n) is 7.35. The number of carboxylic acid groups (broad SMARTS) is 1. The van der Waals surface area contributed by atoms with Gasteiger partial charge in [-0.05, 0) is 12.5 Å². The van der Waals surface area contributed by atoms with E-state index in [-0.39, 0.29) is 46.9 Å². The Labute approximate surface area is 176 Å². The van der Waals surface area contributed by atoms with E-state index in [1.54, 1.807) is 4.72 Å². The molecule has 0 radical (unpaired) electrons. The molecule has 0 bridgehead atoms. The van der Waals surface area contributed by atoms with Crippen LogP contribution in [0.1, 0.15) is 23.7 Å². The second-order valence-electron chi connectivity index (χ2n) is 5.08. The zero-order chi connectivity index (χ0) is 19.5. The first-order valence-corrected chi connectivity index (χ1v) is 8.83. The Bertz CT molecular complexity index is 1010. The van der Waals surface area contributed by atoms with Crippen molar-refractivity contribution in [3.05, 3.63) is 40.3 Å². The molecule has 140 valence electrons. The second-order valence-corrected chi connectivity index (χ2v) is 6.73. The summed E-state index contributed by atoms with van der Waals surface area (Å²) in [4.78, 5) is 34.5. The topological polar surface area (TPSA) is 152 Å². The molecule has 1 aromatic heterocycles. The first-order chi connectivity index (χ1) is 12.2. The fraction of sp³-hybridized carbons (Fsp3) is 0.286. The molecule has 0 fully saturated rings. The summed E-state index contributed by atoms with van der Waals surface area (Å²) >= 11 is 0. The summed E-state index contributed by atoms with van der Waals surface area (Å²) in [5.41, 5.74) is -1.56.